The Bertz CT molecular complexity index is 410. The zero-order valence-electron chi connectivity index (χ0n) is 9.97. The zero-order valence-corrected chi connectivity index (χ0v) is 9.97. The normalized spacial score (nSPS) is 18.7. The molecule has 0 amide bonds. The number of aliphatic carboxylic acids is 1. The third-order valence-electron chi connectivity index (χ3n) is 3.34. The van der Waals surface area contributed by atoms with Crippen LogP contribution in [0.25, 0.3) is 0 Å². The van der Waals surface area contributed by atoms with Crippen LogP contribution in [0, 0.1) is 5.92 Å². The highest BCUT2D eigenvalue weighted by molar-refractivity contribution is 5.67. The van der Waals surface area contributed by atoms with E-state index in [0.717, 1.165) is 5.56 Å². The molecule has 2 N–H and O–H groups in total. The summed E-state index contributed by atoms with van der Waals surface area (Å²) in [5, 5.41) is 18.8. The molecule has 0 bridgehead atoms. The largest absolute Gasteiger partial charge is 0.481 e. The molecule has 0 spiro atoms. The molecule has 0 radical (unpaired) electrons. The van der Waals surface area contributed by atoms with Gasteiger partial charge in [0.2, 0.25) is 0 Å². The second kappa shape index (κ2) is 4.88. The van der Waals surface area contributed by atoms with Crippen LogP contribution < -0.4 is 0 Å². The fourth-order valence-electron chi connectivity index (χ4n) is 2.13. The Morgan fingerprint density at radius 3 is 2.76 bits per heavy atom. The van der Waals surface area contributed by atoms with Crippen LogP contribution in [0.4, 0.5) is 0 Å². The summed E-state index contributed by atoms with van der Waals surface area (Å²) < 4.78 is 0. The van der Waals surface area contributed by atoms with Crippen molar-refractivity contribution in [2.24, 2.45) is 5.92 Å². The fraction of sp³-hybridized carbons (Fsp3) is 0.500. The van der Waals surface area contributed by atoms with Crippen LogP contribution in [-0.2, 0) is 4.79 Å². The topological polar surface area (TPSA) is 57.5 Å². The maximum atomic E-state index is 10.6. The highest BCUT2D eigenvalue weighted by Crippen LogP contribution is 2.41. The molecule has 2 unspecified atom stereocenters. The van der Waals surface area contributed by atoms with Crippen LogP contribution in [0.5, 0.6) is 0 Å². The molecule has 1 saturated carbocycles. The molecule has 92 valence electrons. The first-order valence-electron chi connectivity index (χ1n) is 6.07. The van der Waals surface area contributed by atoms with Crippen molar-refractivity contribution in [1.29, 1.82) is 0 Å². The average Bonchev–Trinajstić information content (AvgIpc) is 3.11. The maximum Gasteiger partial charge on any atom is 0.303 e. The van der Waals surface area contributed by atoms with Crippen molar-refractivity contribution in [1.82, 2.24) is 0 Å². The number of carboxylic acids is 1. The van der Waals surface area contributed by atoms with Gasteiger partial charge < -0.3 is 10.2 Å². The van der Waals surface area contributed by atoms with Crippen molar-refractivity contribution >= 4 is 5.97 Å². The van der Waals surface area contributed by atoms with E-state index in [9.17, 15) is 9.90 Å². The molecule has 1 fully saturated rings. The van der Waals surface area contributed by atoms with Crippen molar-refractivity contribution in [2.75, 3.05) is 0 Å². The second-order valence-corrected chi connectivity index (χ2v) is 4.96. The lowest BCUT2D eigenvalue weighted by Gasteiger charge is -2.18. The van der Waals surface area contributed by atoms with Crippen LogP contribution in [0.15, 0.2) is 24.3 Å². The van der Waals surface area contributed by atoms with Gasteiger partial charge in [-0.05, 0) is 35.8 Å². The lowest BCUT2D eigenvalue weighted by atomic mass is 9.93. The number of benzene rings is 1. The Balaban J connectivity index is 2.09. The fourth-order valence-corrected chi connectivity index (χ4v) is 2.13. The molecule has 0 aromatic heterocycles. The average molecular weight is 234 g/mol. The molecule has 2 rings (SSSR count). The molecular formula is C14H18O3. The van der Waals surface area contributed by atoms with Crippen molar-refractivity contribution in [3.8, 4) is 0 Å². The minimum absolute atomic E-state index is 0.00514. The maximum absolute atomic E-state index is 10.6. The summed E-state index contributed by atoms with van der Waals surface area (Å²) in [4.78, 5) is 10.6. The summed E-state index contributed by atoms with van der Waals surface area (Å²) in [6, 6.07) is 7.91. The van der Waals surface area contributed by atoms with Crippen LogP contribution >= 0.6 is 0 Å². The summed E-state index contributed by atoms with van der Waals surface area (Å²) >= 11 is 0. The van der Waals surface area contributed by atoms with Gasteiger partial charge in [-0.2, -0.15) is 0 Å². The minimum atomic E-state index is -0.866. The van der Waals surface area contributed by atoms with Crippen LogP contribution in [-0.4, -0.2) is 16.2 Å². The summed E-state index contributed by atoms with van der Waals surface area (Å²) in [6.45, 7) is 1.77. The Labute approximate surface area is 101 Å². The summed E-state index contributed by atoms with van der Waals surface area (Å²) in [5.41, 5.74) is 2.10. The molecule has 1 aliphatic rings. The smallest absolute Gasteiger partial charge is 0.303 e. The number of carbonyl (C=O) groups is 1. The Morgan fingerprint density at radius 1 is 1.47 bits per heavy atom. The Kier molecular flexibility index (Phi) is 3.48. The van der Waals surface area contributed by atoms with Gasteiger partial charge in [-0.15, -0.1) is 0 Å². The van der Waals surface area contributed by atoms with E-state index in [0.29, 0.717) is 5.92 Å². The highest BCUT2D eigenvalue weighted by Gasteiger charge is 2.25. The molecular weight excluding hydrogens is 216 g/mol. The van der Waals surface area contributed by atoms with Gasteiger partial charge in [-0.3, -0.25) is 4.79 Å². The summed E-state index contributed by atoms with van der Waals surface area (Å²) in [7, 11) is 0. The molecule has 3 nitrogen and oxygen atoms in total. The van der Waals surface area contributed by atoms with Gasteiger partial charge in [-0.1, -0.05) is 31.2 Å². The lowest BCUT2D eigenvalue weighted by Crippen LogP contribution is -2.13. The van der Waals surface area contributed by atoms with E-state index < -0.39 is 12.1 Å². The van der Waals surface area contributed by atoms with E-state index in [1.54, 1.807) is 6.92 Å². The van der Waals surface area contributed by atoms with E-state index in [1.807, 2.05) is 18.2 Å². The van der Waals surface area contributed by atoms with E-state index in [2.05, 4.69) is 6.07 Å². The number of rotatable bonds is 5. The predicted octanol–water partition coefficient (Wildman–Crippen LogP) is 2.71. The first-order valence-corrected chi connectivity index (χ1v) is 6.07. The predicted molar refractivity (Wildman–Crippen MR) is 64.8 cm³/mol. The molecule has 1 aromatic carbocycles. The van der Waals surface area contributed by atoms with Crippen LogP contribution in [0.3, 0.4) is 0 Å². The van der Waals surface area contributed by atoms with Gasteiger partial charge in [0.15, 0.2) is 0 Å². The molecule has 2 atom stereocenters. The standard InChI is InChI=1S/C14H18O3/c1-9(7-13(15)16)14(17)12-4-2-3-11(8-12)10-5-6-10/h2-4,8-10,14,17H,5-7H2,1H3,(H,15,16). The van der Waals surface area contributed by atoms with E-state index in [1.165, 1.54) is 18.4 Å². The lowest BCUT2D eigenvalue weighted by molar-refractivity contribution is -0.139. The van der Waals surface area contributed by atoms with Gasteiger partial charge in [0.1, 0.15) is 0 Å². The first-order chi connectivity index (χ1) is 8.08. The third-order valence-corrected chi connectivity index (χ3v) is 3.34. The van der Waals surface area contributed by atoms with Crippen molar-refractivity contribution in [2.45, 2.75) is 38.2 Å². The van der Waals surface area contributed by atoms with Crippen LogP contribution in [0.1, 0.15) is 49.3 Å². The molecule has 0 aliphatic heterocycles. The molecule has 17 heavy (non-hydrogen) atoms. The van der Waals surface area contributed by atoms with E-state index in [-0.39, 0.29) is 12.3 Å². The van der Waals surface area contributed by atoms with Gasteiger partial charge >= 0.3 is 5.97 Å². The number of aliphatic hydroxyl groups is 1. The first kappa shape index (κ1) is 12.1. The molecule has 3 heteroatoms. The van der Waals surface area contributed by atoms with Crippen molar-refractivity contribution < 1.29 is 15.0 Å². The molecule has 0 saturated heterocycles. The second-order valence-electron chi connectivity index (χ2n) is 4.96. The Morgan fingerprint density at radius 2 is 2.18 bits per heavy atom. The summed E-state index contributed by atoms with van der Waals surface area (Å²) in [5.74, 6) is -0.478. The van der Waals surface area contributed by atoms with Crippen molar-refractivity contribution in [3.05, 3.63) is 35.4 Å². The molecule has 0 heterocycles. The van der Waals surface area contributed by atoms with Crippen LogP contribution in [0.2, 0.25) is 0 Å². The monoisotopic (exact) mass is 234 g/mol. The van der Waals surface area contributed by atoms with E-state index >= 15 is 0 Å². The molecule has 1 aromatic rings. The van der Waals surface area contributed by atoms with Gasteiger partial charge in [0.05, 0.1) is 12.5 Å². The zero-order chi connectivity index (χ0) is 12.4. The third kappa shape index (κ3) is 3.07. The van der Waals surface area contributed by atoms with Crippen molar-refractivity contribution in [3.63, 3.8) is 0 Å². The van der Waals surface area contributed by atoms with Gasteiger partial charge in [0, 0.05) is 0 Å². The van der Waals surface area contributed by atoms with Gasteiger partial charge in [0.25, 0.3) is 0 Å². The number of hydrogen-bond acceptors (Lipinski definition) is 2. The number of hydrogen-bond donors (Lipinski definition) is 2. The quantitative estimate of drug-likeness (QED) is 0.823. The number of carboxylic acid groups (broad SMARTS) is 1. The number of aliphatic hydroxyl groups excluding tert-OH is 1. The minimum Gasteiger partial charge on any atom is -0.481 e. The van der Waals surface area contributed by atoms with E-state index in [4.69, 9.17) is 5.11 Å². The van der Waals surface area contributed by atoms with Gasteiger partial charge in [-0.25, -0.2) is 0 Å². The highest BCUT2D eigenvalue weighted by atomic mass is 16.4. The Hall–Kier alpha value is -1.35. The summed E-state index contributed by atoms with van der Waals surface area (Å²) in [6.07, 6.45) is 1.76. The molecule has 1 aliphatic carbocycles. The SMILES string of the molecule is CC(CC(=O)O)C(O)c1cccc(C2CC2)c1.